The molecule has 5 nitrogen and oxygen atoms in total. The van der Waals surface area contributed by atoms with Crippen LogP contribution in [0.25, 0.3) is 0 Å². The highest BCUT2D eigenvalue weighted by atomic mass is 79.9. The van der Waals surface area contributed by atoms with Crippen molar-refractivity contribution in [1.82, 2.24) is 9.97 Å². The molecule has 0 aliphatic carbocycles. The van der Waals surface area contributed by atoms with E-state index in [1.165, 1.54) is 0 Å². The van der Waals surface area contributed by atoms with E-state index in [0.29, 0.717) is 5.95 Å². The molecule has 0 radical (unpaired) electrons. The van der Waals surface area contributed by atoms with Crippen LogP contribution in [-0.2, 0) is 4.74 Å². The second kappa shape index (κ2) is 6.89. The third-order valence-corrected chi connectivity index (χ3v) is 3.34. The Hall–Kier alpha value is -0.880. The lowest BCUT2D eigenvalue weighted by Crippen LogP contribution is -2.27. The molecule has 0 spiro atoms. The molecule has 1 aromatic heterocycles. The molecule has 1 fully saturated rings. The maximum absolute atomic E-state index is 5.47. The standard InChI is InChI=1S/C12H19BrN4O/c1-2-4-14-12-15-9-10(13)11(16-12)17-5-3-7-18-8-6-17/h9H,2-8H2,1H3,(H,14,15,16). The van der Waals surface area contributed by atoms with Crippen molar-refractivity contribution < 1.29 is 4.74 Å². The summed E-state index contributed by atoms with van der Waals surface area (Å²) in [6.45, 7) is 6.46. The fraction of sp³-hybridized carbons (Fsp3) is 0.667. The number of ether oxygens (including phenoxy) is 1. The number of hydrogen-bond donors (Lipinski definition) is 1. The first-order valence-electron chi connectivity index (χ1n) is 6.40. The van der Waals surface area contributed by atoms with E-state index in [2.05, 4.69) is 43.0 Å². The summed E-state index contributed by atoms with van der Waals surface area (Å²) in [5.74, 6) is 1.65. The van der Waals surface area contributed by atoms with Crippen LogP contribution < -0.4 is 10.2 Å². The molecule has 2 rings (SSSR count). The summed E-state index contributed by atoms with van der Waals surface area (Å²) in [4.78, 5) is 11.1. The second-order valence-corrected chi connectivity index (χ2v) is 5.10. The quantitative estimate of drug-likeness (QED) is 0.924. The van der Waals surface area contributed by atoms with E-state index in [1.54, 1.807) is 0 Å². The Balaban J connectivity index is 2.13. The molecule has 0 bridgehead atoms. The molecule has 1 N–H and O–H groups in total. The van der Waals surface area contributed by atoms with Gasteiger partial charge in [0.15, 0.2) is 0 Å². The minimum atomic E-state index is 0.695. The molecule has 6 heteroatoms. The highest BCUT2D eigenvalue weighted by Crippen LogP contribution is 2.25. The zero-order valence-electron chi connectivity index (χ0n) is 10.7. The molecule has 1 aliphatic rings. The van der Waals surface area contributed by atoms with Crippen molar-refractivity contribution >= 4 is 27.7 Å². The predicted octanol–water partition coefficient (Wildman–Crippen LogP) is 2.29. The zero-order valence-corrected chi connectivity index (χ0v) is 12.2. The van der Waals surface area contributed by atoms with E-state index >= 15 is 0 Å². The van der Waals surface area contributed by atoms with Gasteiger partial charge in [-0.05, 0) is 28.8 Å². The van der Waals surface area contributed by atoms with E-state index in [4.69, 9.17) is 4.74 Å². The van der Waals surface area contributed by atoms with Gasteiger partial charge in [-0.25, -0.2) is 4.98 Å². The van der Waals surface area contributed by atoms with E-state index in [1.807, 2.05) is 6.20 Å². The van der Waals surface area contributed by atoms with E-state index in [0.717, 1.165) is 56.0 Å². The van der Waals surface area contributed by atoms with Gasteiger partial charge in [0.1, 0.15) is 5.82 Å². The van der Waals surface area contributed by atoms with Gasteiger partial charge in [-0.2, -0.15) is 4.98 Å². The number of halogens is 1. The van der Waals surface area contributed by atoms with Crippen LogP contribution >= 0.6 is 15.9 Å². The lowest BCUT2D eigenvalue weighted by molar-refractivity contribution is 0.152. The SMILES string of the molecule is CCCNc1ncc(Br)c(N2CCCOCC2)n1. The molecular formula is C12H19BrN4O. The average molecular weight is 315 g/mol. The summed E-state index contributed by atoms with van der Waals surface area (Å²) in [6, 6.07) is 0. The van der Waals surface area contributed by atoms with E-state index < -0.39 is 0 Å². The van der Waals surface area contributed by atoms with E-state index in [9.17, 15) is 0 Å². The highest BCUT2D eigenvalue weighted by molar-refractivity contribution is 9.10. The topological polar surface area (TPSA) is 50.3 Å². The summed E-state index contributed by atoms with van der Waals surface area (Å²) >= 11 is 3.52. The number of rotatable bonds is 4. The molecule has 0 amide bonds. The van der Waals surface area contributed by atoms with Crippen molar-refractivity contribution in [3.8, 4) is 0 Å². The van der Waals surface area contributed by atoms with Crippen LogP contribution in [0.3, 0.4) is 0 Å². The lowest BCUT2D eigenvalue weighted by Gasteiger charge is -2.22. The van der Waals surface area contributed by atoms with Crippen molar-refractivity contribution in [1.29, 1.82) is 0 Å². The lowest BCUT2D eigenvalue weighted by atomic mass is 10.4. The molecule has 1 aliphatic heterocycles. The van der Waals surface area contributed by atoms with Crippen molar-refractivity contribution in [3.63, 3.8) is 0 Å². The Morgan fingerprint density at radius 2 is 2.33 bits per heavy atom. The molecule has 18 heavy (non-hydrogen) atoms. The molecule has 1 aromatic rings. The van der Waals surface area contributed by atoms with Crippen LogP contribution in [0.4, 0.5) is 11.8 Å². The van der Waals surface area contributed by atoms with Gasteiger partial charge in [-0.1, -0.05) is 6.92 Å². The Morgan fingerprint density at radius 3 is 3.17 bits per heavy atom. The first-order valence-corrected chi connectivity index (χ1v) is 7.19. The molecule has 1 saturated heterocycles. The van der Waals surface area contributed by atoms with Gasteiger partial charge < -0.3 is 15.0 Å². The number of nitrogens with zero attached hydrogens (tertiary/aromatic N) is 3. The average Bonchev–Trinajstić information content (AvgIpc) is 2.66. The molecule has 2 heterocycles. The van der Waals surface area contributed by atoms with Gasteiger partial charge in [0, 0.05) is 32.4 Å². The highest BCUT2D eigenvalue weighted by Gasteiger charge is 2.15. The first kappa shape index (κ1) is 13.5. The fourth-order valence-electron chi connectivity index (χ4n) is 1.86. The number of anilines is 2. The number of hydrogen-bond acceptors (Lipinski definition) is 5. The van der Waals surface area contributed by atoms with Gasteiger partial charge in [-0.3, -0.25) is 0 Å². The summed E-state index contributed by atoms with van der Waals surface area (Å²) in [5, 5.41) is 3.22. The normalized spacial score (nSPS) is 16.4. The smallest absolute Gasteiger partial charge is 0.224 e. The van der Waals surface area contributed by atoms with Crippen molar-refractivity contribution in [2.75, 3.05) is 43.1 Å². The second-order valence-electron chi connectivity index (χ2n) is 4.24. The first-order chi connectivity index (χ1) is 8.81. The summed E-state index contributed by atoms with van der Waals surface area (Å²) in [5.41, 5.74) is 0. The zero-order chi connectivity index (χ0) is 12.8. The molecular weight excluding hydrogens is 296 g/mol. The van der Waals surface area contributed by atoms with Crippen molar-refractivity contribution in [2.45, 2.75) is 19.8 Å². The Labute approximate surface area is 116 Å². The summed E-state index contributed by atoms with van der Waals surface area (Å²) in [6.07, 6.45) is 3.91. The minimum absolute atomic E-state index is 0.695. The molecule has 0 atom stereocenters. The minimum Gasteiger partial charge on any atom is -0.380 e. The molecule has 100 valence electrons. The predicted molar refractivity (Wildman–Crippen MR) is 76.2 cm³/mol. The van der Waals surface area contributed by atoms with Crippen LogP contribution in [0.1, 0.15) is 19.8 Å². The Bertz CT molecular complexity index is 380. The molecule has 0 unspecified atom stereocenters. The van der Waals surface area contributed by atoms with Gasteiger partial charge in [0.25, 0.3) is 0 Å². The summed E-state index contributed by atoms with van der Waals surface area (Å²) < 4.78 is 6.40. The molecule has 0 saturated carbocycles. The third kappa shape index (κ3) is 3.55. The maximum Gasteiger partial charge on any atom is 0.224 e. The van der Waals surface area contributed by atoms with Gasteiger partial charge in [-0.15, -0.1) is 0 Å². The monoisotopic (exact) mass is 314 g/mol. The Kier molecular flexibility index (Phi) is 5.19. The fourth-order valence-corrected chi connectivity index (χ4v) is 2.30. The number of nitrogens with one attached hydrogen (secondary N) is 1. The van der Waals surface area contributed by atoms with Gasteiger partial charge in [0.2, 0.25) is 5.95 Å². The Morgan fingerprint density at radius 1 is 1.44 bits per heavy atom. The van der Waals surface area contributed by atoms with Gasteiger partial charge >= 0.3 is 0 Å². The van der Waals surface area contributed by atoms with E-state index in [-0.39, 0.29) is 0 Å². The maximum atomic E-state index is 5.47. The van der Waals surface area contributed by atoms with Crippen LogP contribution in [0.5, 0.6) is 0 Å². The van der Waals surface area contributed by atoms with Crippen LogP contribution in [0.2, 0.25) is 0 Å². The van der Waals surface area contributed by atoms with Crippen LogP contribution in [0, 0.1) is 0 Å². The van der Waals surface area contributed by atoms with Crippen LogP contribution in [-0.4, -0.2) is 42.8 Å². The molecule has 0 aromatic carbocycles. The van der Waals surface area contributed by atoms with Crippen molar-refractivity contribution in [3.05, 3.63) is 10.7 Å². The largest absolute Gasteiger partial charge is 0.380 e. The summed E-state index contributed by atoms with van der Waals surface area (Å²) in [7, 11) is 0. The van der Waals surface area contributed by atoms with Gasteiger partial charge in [0.05, 0.1) is 11.1 Å². The third-order valence-electron chi connectivity index (χ3n) is 2.78. The van der Waals surface area contributed by atoms with Crippen LogP contribution in [0.15, 0.2) is 10.7 Å². The van der Waals surface area contributed by atoms with Crippen molar-refractivity contribution in [2.24, 2.45) is 0 Å². The number of aromatic nitrogens is 2.